The lowest BCUT2D eigenvalue weighted by molar-refractivity contribution is 0.414. The van der Waals surface area contributed by atoms with E-state index < -0.39 is 0 Å². The largest absolute Gasteiger partial charge is 0.497 e. The molecule has 20 heavy (non-hydrogen) atoms. The number of benzene rings is 2. The van der Waals surface area contributed by atoms with Crippen LogP contribution in [0.25, 0.3) is 11.0 Å². The van der Waals surface area contributed by atoms with Gasteiger partial charge in [0.25, 0.3) is 0 Å². The monoisotopic (exact) mass is 348 g/mol. The maximum atomic E-state index is 5.42. The minimum Gasteiger partial charge on any atom is -0.497 e. The van der Waals surface area contributed by atoms with Gasteiger partial charge in [-0.25, -0.2) is 0 Å². The summed E-state index contributed by atoms with van der Waals surface area (Å²) in [6, 6.07) is 14.1. The molecule has 0 aliphatic rings. The van der Waals surface area contributed by atoms with Gasteiger partial charge in [0.2, 0.25) is 0 Å². The average molecular weight is 349 g/mol. The number of imidazole rings is 1. The molecule has 0 amide bonds. The Kier molecular flexibility index (Phi) is 3.63. The lowest BCUT2D eigenvalue weighted by atomic mass is 10.2. The molecular formula is C15H13BrN2OS. The van der Waals surface area contributed by atoms with E-state index in [1.165, 1.54) is 0 Å². The predicted octanol–water partition coefficient (Wildman–Crippen LogP) is 4.52. The third-order valence-corrected chi connectivity index (χ3v) is 4.03. The second-order valence-electron chi connectivity index (χ2n) is 4.53. The molecule has 2 aromatic carbocycles. The average Bonchev–Trinajstić information content (AvgIpc) is 2.75. The normalized spacial score (nSPS) is 10.9. The van der Waals surface area contributed by atoms with Gasteiger partial charge in [-0.2, -0.15) is 0 Å². The van der Waals surface area contributed by atoms with Gasteiger partial charge in [0.1, 0.15) is 5.75 Å². The summed E-state index contributed by atoms with van der Waals surface area (Å²) in [4.78, 5) is 3.23. The molecule has 0 saturated carbocycles. The quantitative estimate of drug-likeness (QED) is 0.705. The van der Waals surface area contributed by atoms with Crippen molar-refractivity contribution in [2.45, 2.75) is 6.54 Å². The Bertz CT molecular complexity index is 822. The van der Waals surface area contributed by atoms with E-state index in [1.54, 1.807) is 7.11 Å². The van der Waals surface area contributed by atoms with Gasteiger partial charge in [0, 0.05) is 4.47 Å². The molecule has 0 spiro atoms. The summed E-state index contributed by atoms with van der Waals surface area (Å²) >= 11 is 8.92. The number of rotatable bonds is 3. The second kappa shape index (κ2) is 5.42. The van der Waals surface area contributed by atoms with Gasteiger partial charge < -0.3 is 14.3 Å². The Labute approximate surface area is 130 Å². The summed E-state index contributed by atoms with van der Waals surface area (Å²) in [6.45, 7) is 0.715. The van der Waals surface area contributed by atoms with Crippen LogP contribution in [0.15, 0.2) is 46.9 Å². The van der Waals surface area contributed by atoms with Gasteiger partial charge in [0.15, 0.2) is 4.77 Å². The minimum atomic E-state index is 0.715. The lowest BCUT2D eigenvalue weighted by Crippen LogP contribution is -2.00. The predicted molar refractivity (Wildman–Crippen MR) is 86.9 cm³/mol. The summed E-state index contributed by atoms with van der Waals surface area (Å²) < 4.78 is 9.11. The van der Waals surface area contributed by atoms with Crippen LogP contribution in [0.3, 0.4) is 0 Å². The first-order valence-electron chi connectivity index (χ1n) is 6.18. The van der Waals surface area contributed by atoms with Crippen molar-refractivity contribution < 1.29 is 4.74 Å². The van der Waals surface area contributed by atoms with Crippen LogP contribution in [0, 0.1) is 4.77 Å². The van der Waals surface area contributed by atoms with Crippen molar-refractivity contribution in [1.82, 2.24) is 9.55 Å². The molecule has 0 saturated heterocycles. The number of aromatic nitrogens is 2. The van der Waals surface area contributed by atoms with E-state index in [9.17, 15) is 0 Å². The molecule has 0 radical (unpaired) electrons. The first kappa shape index (κ1) is 13.4. The number of H-pyrrole nitrogens is 1. The Morgan fingerprint density at radius 3 is 2.90 bits per heavy atom. The van der Waals surface area contributed by atoms with Gasteiger partial charge in [-0.15, -0.1) is 0 Å². The third-order valence-electron chi connectivity index (χ3n) is 3.21. The van der Waals surface area contributed by atoms with Crippen LogP contribution in [0.4, 0.5) is 0 Å². The van der Waals surface area contributed by atoms with Crippen molar-refractivity contribution >= 4 is 39.2 Å². The molecule has 1 N–H and O–H groups in total. The first-order chi connectivity index (χ1) is 9.67. The fourth-order valence-corrected chi connectivity index (χ4v) is 2.86. The van der Waals surface area contributed by atoms with E-state index in [1.807, 2.05) is 30.3 Å². The van der Waals surface area contributed by atoms with Crippen LogP contribution in [-0.2, 0) is 6.54 Å². The highest BCUT2D eigenvalue weighted by Crippen LogP contribution is 2.21. The van der Waals surface area contributed by atoms with E-state index in [4.69, 9.17) is 17.0 Å². The van der Waals surface area contributed by atoms with Gasteiger partial charge in [-0.3, -0.25) is 0 Å². The van der Waals surface area contributed by atoms with Crippen molar-refractivity contribution in [3.8, 4) is 5.75 Å². The molecule has 3 aromatic rings. The molecule has 102 valence electrons. The summed E-state index contributed by atoms with van der Waals surface area (Å²) in [6.07, 6.45) is 0. The highest BCUT2D eigenvalue weighted by atomic mass is 79.9. The standard InChI is InChI=1S/C15H13BrN2OS/c1-19-12-4-2-3-10(7-12)9-18-14-8-11(16)5-6-13(14)17-15(18)20/h2-8H,9H2,1H3,(H,17,20). The van der Waals surface area contributed by atoms with Crippen molar-refractivity contribution in [3.63, 3.8) is 0 Å². The zero-order chi connectivity index (χ0) is 14.1. The molecule has 0 aliphatic carbocycles. The van der Waals surface area contributed by atoms with Crippen molar-refractivity contribution in [2.24, 2.45) is 0 Å². The number of ether oxygens (including phenoxy) is 1. The molecule has 3 nitrogen and oxygen atoms in total. The van der Waals surface area contributed by atoms with E-state index in [0.29, 0.717) is 6.54 Å². The maximum absolute atomic E-state index is 5.42. The van der Waals surface area contributed by atoms with E-state index in [-0.39, 0.29) is 0 Å². The van der Waals surface area contributed by atoms with Crippen LogP contribution in [0.1, 0.15) is 5.56 Å². The fraction of sp³-hybridized carbons (Fsp3) is 0.133. The lowest BCUT2D eigenvalue weighted by Gasteiger charge is -2.07. The molecule has 0 fully saturated rings. The Balaban J connectivity index is 2.07. The highest BCUT2D eigenvalue weighted by molar-refractivity contribution is 9.10. The number of halogens is 1. The molecule has 0 aliphatic heterocycles. The number of aromatic amines is 1. The molecular weight excluding hydrogens is 336 g/mol. The van der Waals surface area contributed by atoms with Gasteiger partial charge in [-0.05, 0) is 48.1 Å². The van der Waals surface area contributed by atoms with Gasteiger partial charge >= 0.3 is 0 Å². The number of hydrogen-bond donors (Lipinski definition) is 1. The number of methoxy groups -OCH3 is 1. The molecule has 5 heteroatoms. The van der Waals surface area contributed by atoms with Crippen molar-refractivity contribution in [1.29, 1.82) is 0 Å². The third kappa shape index (κ3) is 2.51. The first-order valence-corrected chi connectivity index (χ1v) is 7.38. The molecule has 1 heterocycles. The number of nitrogens with one attached hydrogen (secondary N) is 1. The number of fused-ring (bicyclic) bond motifs is 1. The summed E-state index contributed by atoms with van der Waals surface area (Å²) in [5.74, 6) is 0.857. The molecule has 0 atom stereocenters. The van der Waals surface area contributed by atoms with E-state index >= 15 is 0 Å². The van der Waals surface area contributed by atoms with Crippen LogP contribution in [0.2, 0.25) is 0 Å². The topological polar surface area (TPSA) is 29.9 Å². The van der Waals surface area contributed by atoms with Crippen molar-refractivity contribution in [3.05, 3.63) is 57.3 Å². The van der Waals surface area contributed by atoms with Crippen LogP contribution in [0.5, 0.6) is 5.75 Å². The maximum Gasteiger partial charge on any atom is 0.178 e. The summed E-state index contributed by atoms with van der Waals surface area (Å²) in [5.41, 5.74) is 3.29. The zero-order valence-corrected chi connectivity index (χ0v) is 13.3. The van der Waals surface area contributed by atoms with Crippen molar-refractivity contribution in [2.75, 3.05) is 7.11 Å². The Morgan fingerprint density at radius 2 is 2.10 bits per heavy atom. The van der Waals surface area contributed by atoms with E-state index in [2.05, 4.69) is 37.6 Å². The molecule has 3 rings (SSSR count). The van der Waals surface area contributed by atoms with Crippen LogP contribution >= 0.6 is 28.1 Å². The SMILES string of the molecule is COc1cccc(Cn2c(=S)[nH]c3ccc(Br)cc32)c1. The summed E-state index contributed by atoms with van der Waals surface area (Å²) in [7, 11) is 1.67. The smallest absolute Gasteiger partial charge is 0.178 e. The summed E-state index contributed by atoms with van der Waals surface area (Å²) in [5, 5.41) is 0. The molecule has 0 unspecified atom stereocenters. The van der Waals surface area contributed by atoms with Crippen LogP contribution in [-0.4, -0.2) is 16.7 Å². The van der Waals surface area contributed by atoms with E-state index in [0.717, 1.165) is 31.6 Å². The zero-order valence-electron chi connectivity index (χ0n) is 10.9. The highest BCUT2D eigenvalue weighted by Gasteiger charge is 2.06. The van der Waals surface area contributed by atoms with Gasteiger partial charge in [-0.1, -0.05) is 28.1 Å². The minimum absolute atomic E-state index is 0.715. The fourth-order valence-electron chi connectivity index (χ4n) is 2.24. The van der Waals surface area contributed by atoms with Crippen LogP contribution < -0.4 is 4.74 Å². The number of nitrogens with zero attached hydrogens (tertiary/aromatic N) is 1. The second-order valence-corrected chi connectivity index (χ2v) is 5.83. The molecule has 0 bridgehead atoms. The Hall–Kier alpha value is -1.59. The van der Waals surface area contributed by atoms with Gasteiger partial charge in [0.05, 0.1) is 24.7 Å². The number of hydrogen-bond acceptors (Lipinski definition) is 2. The Morgan fingerprint density at radius 1 is 1.25 bits per heavy atom. The molecule has 1 aromatic heterocycles.